The highest BCUT2D eigenvalue weighted by Crippen LogP contribution is 2.63. The molecule has 3 aliphatic rings. The van der Waals surface area contributed by atoms with Crippen LogP contribution in [0.3, 0.4) is 0 Å². The van der Waals surface area contributed by atoms with Crippen molar-refractivity contribution in [2.75, 3.05) is 27.8 Å². The Kier molecular flexibility index (Phi) is 5.94. The molecule has 2 fully saturated rings. The molecule has 0 amide bonds. The molecule has 7 nitrogen and oxygen atoms in total. The number of fused-ring (bicyclic) bond motifs is 1. The van der Waals surface area contributed by atoms with Gasteiger partial charge in [0.25, 0.3) is 0 Å². The van der Waals surface area contributed by atoms with Crippen molar-refractivity contribution >= 4 is 7.82 Å². The number of rotatable bonds is 5. The van der Waals surface area contributed by atoms with E-state index in [9.17, 15) is 4.57 Å². The Labute approximate surface area is 191 Å². The van der Waals surface area contributed by atoms with Gasteiger partial charge in [-0.25, -0.2) is 4.57 Å². The molecule has 1 aliphatic carbocycles. The highest BCUT2D eigenvalue weighted by molar-refractivity contribution is 7.48. The third-order valence-corrected chi connectivity index (χ3v) is 8.82. The zero-order valence-corrected chi connectivity index (χ0v) is 21.2. The number of allylic oxidation sites excluding steroid dienone is 1. The highest BCUT2D eigenvalue weighted by Gasteiger charge is 2.53. The topological polar surface area (TPSA) is 66.5 Å². The normalized spacial score (nSPS) is 30.8. The predicted octanol–water partition coefficient (Wildman–Crippen LogP) is 5.44. The standard InChI is InChI=1S/C24H36NO6P/c1-22(2)16-23(3,4)31-32(26,30-22)29-18-10-11-24(12-13-25(5)21(24)15-18)17-8-9-19(27-6)20(14-17)28-7/h8-10,14,21H,11-13,15-16H2,1-7H3/t21-,24-/m0/s1. The largest absolute Gasteiger partial charge is 0.530 e. The molecule has 1 aromatic carbocycles. The van der Waals surface area contributed by atoms with E-state index in [1.54, 1.807) is 14.2 Å². The van der Waals surface area contributed by atoms with Gasteiger partial charge in [0.2, 0.25) is 0 Å². The molecule has 0 spiro atoms. The summed E-state index contributed by atoms with van der Waals surface area (Å²) in [5, 5.41) is 0. The first kappa shape index (κ1) is 23.6. The summed E-state index contributed by atoms with van der Waals surface area (Å²) in [5.74, 6) is 2.13. The molecule has 2 aliphatic heterocycles. The van der Waals surface area contributed by atoms with E-state index in [0.717, 1.165) is 30.9 Å². The molecule has 0 bridgehead atoms. The quantitative estimate of drug-likeness (QED) is 0.536. The Morgan fingerprint density at radius 3 is 2.34 bits per heavy atom. The molecule has 2 saturated heterocycles. The maximum Gasteiger partial charge on any atom is 0.530 e. The van der Waals surface area contributed by atoms with E-state index in [4.69, 9.17) is 23.0 Å². The molecule has 0 aromatic heterocycles. The average Bonchev–Trinajstić information content (AvgIpc) is 3.01. The van der Waals surface area contributed by atoms with E-state index >= 15 is 0 Å². The fourth-order valence-corrected chi connectivity index (χ4v) is 7.74. The number of phosphoric acid groups is 1. The second-order valence-corrected chi connectivity index (χ2v) is 11.9. The number of nitrogens with zero attached hydrogens (tertiary/aromatic N) is 1. The van der Waals surface area contributed by atoms with Crippen molar-refractivity contribution in [1.82, 2.24) is 4.90 Å². The van der Waals surface area contributed by atoms with Gasteiger partial charge in [-0.05, 0) is 77.9 Å². The van der Waals surface area contributed by atoms with E-state index in [1.165, 1.54) is 5.56 Å². The van der Waals surface area contributed by atoms with Crippen LogP contribution in [0.25, 0.3) is 0 Å². The maximum absolute atomic E-state index is 13.5. The van der Waals surface area contributed by atoms with Crippen molar-refractivity contribution in [3.05, 3.63) is 35.6 Å². The summed E-state index contributed by atoms with van der Waals surface area (Å²) in [5.41, 5.74) is -0.0124. The number of likely N-dealkylation sites (N-methyl/N-ethyl adjacent to an activating group) is 1. The number of hydrogen-bond donors (Lipinski definition) is 0. The van der Waals surface area contributed by atoms with Crippen LogP contribution in [-0.4, -0.2) is 50.0 Å². The van der Waals surface area contributed by atoms with Crippen LogP contribution < -0.4 is 9.47 Å². The van der Waals surface area contributed by atoms with Crippen LogP contribution in [0.4, 0.5) is 0 Å². The molecular weight excluding hydrogens is 429 g/mol. The molecule has 1 aromatic rings. The molecule has 2 atom stereocenters. The Morgan fingerprint density at radius 1 is 1.06 bits per heavy atom. The molecule has 178 valence electrons. The van der Waals surface area contributed by atoms with Crippen LogP contribution in [0.15, 0.2) is 30.0 Å². The number of likely N-dealkylation sites (tertiary alicyclic amines) is 1. The van der Waals surface area contributed by atoms with Crippen LogP contribution in [0, 0.1) is 0 Å². The van der Waals surface area contributed by atoms with Crippen molar-refractivity contribution in [2.24, 2.45) is 0 Å². The molecule has 0 unspecified atom stereocenters. The zero-order valence-electron chi connectivity index (χ0n) is 20.3. The number of hydrogen-bond acceptors (Lipinski definition) is 7. The summed E-state index contributed by atoms with van der Waals surface area (Å²) in [6.45, 7) is 8.68. The molecule has 8 heteroatoms. The monoisotopic (exact) mass is 465 g/mol. The Balaban J connectivity index is 1.62. The van der Waals surface area contributed by atoms with Crippen molar-refractivity contribution < 1.29 is 27.6 Å². The lowest BCUT2D eigenvalue weighted by Gasteiger charge is -2.44. The van der Waals surface area contributed by atoms with Gasteiger partial charge in [-0.15, -0.1) is 0 Å². The van der Waals surface area contributed by atoms with Crippen LogP contribution >= 0.6 is 7.82 Å². The van der Waals surface area contributed by atoms with Gasteiger partial charge in [0.15, 0.2) is 11.5 Å². The van der Waals surface area contributed by atoms with Gasteiger partial charge in [0, 0.05) is 24.3 Å². The van der Waals surface area contributed by atoms with Crippen molar-refractivity contribution in [3.8, 4) is 11.5 Å². The third-order valence-electron chi connectivity index (χ3n) is 6.93. The summed E-state index contributed by atoms with van der Waals surface area (Å²) in [7, 11) is 1.72. The summed E-state index contributed by atoms with van der Waals surface area (Å²) < 4.78 is 42.1. The second-order valence-electron chi connectivity index (χ2n) is 10.5. The Hall–Kier alpha value is -1.53. The van der Waals surface area contributed by atoms with E-state index in [1.807, 2.05) is 33.8 Å². The summed E-state index contributed by atoms with van der Waals surface area (Å²) in [4.78, 5) is 2.36. The Bertz CT molecular complexity index is 938. The first-order valence-electron chi connectivity index (χ1n) is 11.2. The van der Waals surface area contributed by atoms with Crippen molar-refractivity contribution in [1.29, 1.82) is 0 Å². The van der Waals surface area contributed by atoms with Crippen LogP contribution in [0.5, 0.6) is 11.5 Å². The number of methoxy groups -OCH3 is 2. The van der Waals surface area contributed by atoms with Crippen molar-refractivity contribution in [2.45, 2.75) is 76.0 Å². The molecule has 0 saturated carbocycles. The molecular formula is C24H36NO6P. The lowest BCUT2D eigenvalue weighted by molar-refractivity contribution is -0.0852. The minimum Gasteiger partial charge on any atom is -0.493 e. The number of phosphoric ester groups is 1. The summed E-state index contributed by atoms with van der Waals surface area (Å²) in [6.07, 6.45) is 5.15. The average molecular weight is 466 g/mol. The lowest BCUT2D eigenvalue weighted by atomic mass is 9.68. The smallest absolute Gasteiger partial charge is 0.493 e. The van der Waals surface area contributed by atoms with E-state index in [-0.39, 0.29) is 11.5 Å². The van der Waals surface area contributed by atoms with Crippen LogP contribution in [0.2, 0.25) is 0 Å². The Morgan fingerprint density at radius 2 is 1.72 bits per heavy atom. The van der Waals surface area contributed by atoms with Gasteiger partial charge in [-0.1, -0.05) is 6.07 Å². The molecule has 2 heterocycles. The molecule has 0 N–H and O–H groups in total. The first-order chi connectivity index (χ1) is 14.9. The van der Waals surface area contributed by atoms with Crippen LogP contribution in [0.1, 0.15) is 58.9 Å². The zero-order chi connectivity index (χ0) is 23.4. The first-order valence-corrected chi connectivity index (χ1v) is 12.7. The molecule has 0 radical (unpaired) electrons. The lowest BCUT2D eigenvalue weighted by Crippen LogP contribution is -2.44. The van der Waals surface area contributed by atoms with Crippen LogP contribution in [-0.2, 0) is 23.6 Å². The maximum atomic E-state index is 13.5. The molecule has 4 rings (SSSR count). The van der Waals surface area contributed by atoms with Gasteiger partial charge < -0.3 is 18.9 Å². The number of ether oxygens (including phenoxy) is 2. The molecule has 32 heavy (non-hydrogen) atoms. The van der Waals surface area contributed by atoms with Gasteiger partial charge in [-0.2, -0.15) is 0 Å². The van der Waals surface area contributed by atoms with Gasteiger partial charge in [0.05, 0.1) is 25.4 Å². The highest BCUT2D eigenvalue weighted by atomic mass is 31.2. The minimum absolute atomic E-state index is 0.0670. The van der Waals surface area contributed by atoms with E-state index in [0.29, 0.717) is 18.6 Å². The fourth-order valence-electron chi connectivity index (χ4n) is 5.85. The third kappa shape index (κ3) is 4.33. The van der Waals surface area contributed by atoms with Gasteiger partial charge >= 0.3 is 7.82 Å². The van der Waals surface area contributed by atoms with E-state index < -0.39 is 19.0 Å². The minimum atomic E-state index is -3.72. The SMILES string of the molecule is COc1ccc([C@@]23CC=C(OP4(=O)OC(C)(C)CC(C)(C)O4)C[C@@H]2N(C)CC3)cc1OC. The second kappa shape index (κ2) is 8.05. The van der Waals surface area contributed by atoms with E-state index in [2.05, 4.69) is 30.2 Å². The number of benzene rings is 1. The predicted molar refractivity (Wildman–Crippen MR) is 123 cm³/mol. The fraction of sp³-hybridized carbons (Fsp3) is 0.667. The van der Waals surface area contributed by atoms with Crippen molar-refractivity contribution in [3.63, 3.8) is 0 Å². The summed E-state index contributed by atoms with van der Waals surface area (Å²) >= 11 is 0. The van der Waals surface area contributed by atoms with Gasteiger partial charge in [0.1, 0.15) is 5.76 Å². The van der Waals surface area contributed by atoms with Gasteiger partial charge in [-0.3, -0.25) is 9.05 Å². The summed E-state index contributed by atoms with van der Waals surface area (Å²) in [6, 6.07) is 6.40.